The first-order chi connectivity index (χ1) is 10.9. The Kier molecular flexibility index (Phi) is 5.63. The van der Waals surface area contributed by atoms with Crippen molar-refractivity contribution in [2.75, 3.05) is 6.61 Å². The van der Waals surface area contributed by atoms with Crippen LogP contribution in [0, 0.1) is 0 Å². The van der Waals surface area contributed by atoms with Crippen LogP contribution < -0.4 is 14.8 Å². The van der Waals surface area contributed by atoms with E-state index in [1.807, 2.05) is 75.4 Å². The van der Waals surface area contributed by atoms with Crippen molar-refractivity contribution in [1.29, 1.82) is 0 Å². The first kappa shape index (κ1) is 16.9. The van der Waals surface area contributed by atoms with Gasteiger partial charge in [-0.2, -0.15) is 0 Å². The molecule has 0 unspecified atom stereocenters. The molecule has 0 saturated carbocycles. The van der Waals surface area contributed by atoms with E-state index >= 15 is 0 Å². The van der Waals surface area contributed by atoms with Gasteiger partial charge in [0, 0.05) is 6.54 Å². The predicted octanol–water partition coefficient (Wildman–Crippen LogP) is 3.56. The monoisotopic (exact) mass is 313 g/mol. The normalized spacial score (nSPS) is 10.9. The SMILES string of the molecule is CC(C)(C)Oc1ccc(CNC(=O)COc2ccccc2)cc1. The summed E-state index contributed by atoms with van der Waals surface area (Å²) in [6.45, 7) is 6.50. The molecule has 0 bridgehead atoms. The summed E-state index contributed by atoms with van der Waals surface area (Å²) in [7, 11) is 0. The maximum absolute atomic E-state index is 11.8. The summed E-state index contributed by atoms with van der Waals surface area (Å²) < 4.78 is 11.2. The number of carbonyl (C=O) groups excluding carboxylic acids is 1. The van der Waals surface area contributed by atoms with E-state index in [1.165, 1.54) is 0 Å². The van der Waals surface area contributed by atoms with Gasteiger partial charge in [0.25, 0.3) is 5.91 Å². The summed E-state index contributed by atoms with van der Waals surface area (Å²) in [6, 6.07) is 17.0. The fourth-order valence-corrected chi connectivity index (χ4v) is 1.95. The number of ether oxygens (including phenoxy) is 2. The Morgan fingerprint density at radius 2 is 1.61 bits per heavy atom. The molecule has 23 heavy (non-hydrogen) atoms. The first-order valence-electron chi connectivity index (χ1n) is 7.65. The zero-order valence-corrected chi connectivity index (χ0v) is 13.8. The van der Waals surface area contributed by atoms with Gasteiger partial charge in [0.1, 0.15) is 17.1 Å². The number of hydrogen-bond donors (Lipinski definition) is 1. The van der Waals surface area contributed by atoms with Crippen molar-refractivity contribution < 1.29 is 14.3 Å². The minimum atomic E-state index is -0.218. The van der Waals surface area contributed by atoms with Crippen LogP contribution in [-0.2, 0) is 11.3 Å². The van der Waals surface area contributed by atoms with Crippen LogP contribution in [0.1, 0.15) is 26.3 Å². The highest BCUT2D eigenvalue weighted by atomic mass is 16.5. The number of para-hydroxylation sites is 1. The molecule has 1 amide bonds. The summed E-state index contributed by atoms with van der Waals surface area (Å²) >= 11 is 0. The van der Waals surface area contributed by atoms with Crippen LogP contribution in [0.5, 0.6) is 11.5 Å². The molecular weight excluding hydrogens is 290 g/mol. The standard InChI is InChI=1S/C19H23NO3/c1-19(2,3)23-17-11-9-15(10-12-17)13-20-18(21)14-22-16-7-5-4-6-8-16/h4-12H,13-14H2,1-3H3,(H,20,21). The Balaban J connectivity index is 1.76. The van der Waals surface area contributed by atoms with Gasteiger partial charge in [0.05, 0.1) is 0 Å². The molecule has 0 aromatic heterocycles. The van der Waals surface area contributed by atoms with Crippen molar-refractivity contribution in [3.05, 3.63) is 60.2 Å². The maximum Gasteiger partial charge on any atom is 0.258 e. The molecular formula is C19H23NO3. The van der Waals surface area contributed by atoms with Crippen LogP contribution in [0.25, 0.3) is 0 Å². The second-order valence-corrected chi connectivity index (χ2v) is 6.24. The third-order valence-electron chi connectivity index (χ3n) is 2.95. The summed E-state index contributed by atoms with van der Waals surface area (Å²) in [5, 5.41) is 2.83. The van der Waals surface area contributed by atoms with E-state index in [1.54, 1.807) is 0 Å². The molecule has 2 aromatic rings. The third kappa shape index (κ3) is 6.43. The molecule has 122 valence electrons. The molecule has 0 aliphatic heterocycles. The Bertz CT molecular complexity index is 615. The minimum Gasteiger partial charge on any atom is -0.488 e. The highest BCUT2D eigenvalue weighted by Gasteiger charge is 2.11. The van der Waals surface area contributed by atoms with Crippen molar-refractivity contribution in [3.63, 3.8) is 0 Å². The van der Waals surface area contributed by atoms with E-state index in [0.29, 0.717) is 12.3 Å². The number of nitrogens with one attached hydrogen (secondary N) is 1. The zero-order valence-electron chi connectivity index (χ0n) is 13.8. The van der Waals surface area contributed by atoms with Crippen molar-refractivity contribution in [2.45, 2.75) is 32.9 Å². The second kappa shape index (κ2) is 7.68. The Hall–Kier alpha value is -2.49. The molecule has 4 heteroatoms. The van der Waals surface area contributed by atoms with Gasteiger partial charge in [-0.1, -0.05) is 30.3 Å². The number of hydrogen-bond acceptors (Lipinski definition) is 3. The number of benzene rings is 2. The van der Waals surface area contributed by atoms with E-state index in [2.05, 4.69) is 5.32 Å². The summed E-state index contributed by atoms with van der Waals surface area (Å²) in [5.74, 6) is 1.36. The van der Waals surface area contributed by atoms with Gasteiger partial charge in [0.15, 0.2) is 6.61 Å². The highest BCUT2D eigenvalue weighted by Crippen LogP contribution is 2.18. The van der Waals surface area contributed by atoms with Crippen LogP contribution in [0.15, 0.2) is 54.6 Å². The van der Waals surface area contributed by atoms with Crippen molar-refractivity contribution >= 4 is 5.91 Å². The van der Waals surface area contributed by atoms with Gasteiger partial charge >= 0.3 is 0 Å². The third-order valence-corrected chi connectivity index (χ3v) is 2.95. The molecule has 0 radical (unpaired) electrons. The van der Waals surface area contributed by atoms with Crippen LogP contribution in [0.2, 0.25) is 0 Å². The van der Waals surface area contributed by atoms with E-state index in [4.69, 9.17) is 9.47 Å². The maximum atomic E-state index is 11.8. The molecule has 0 atom stereocenters. The van der Waals surface area contributed by atoms with Gasteiger partial charge in [-0.25, -0.2) is 0 Å². The first-order valence-corrected chi connectivity index (χ1v) is 7.65. The highest BCUT2D eigenvalue weighted by molar-refractivity contribution is 5.77. The molecule has 4 nitrogen and oxygen atoms in total. The molecule has 0 spiro atoms. The van der Waals surface area contributed by atoms with Crippen LogP contribution >= 0.6 is 0 Å². The topological polar surface area (TPSA) is 47.6 Å². The van der Waals surface area contributed by atoms with Crippen molar-refractivity contribution in [1.82, 2.24) is 5.32 Å². The average molecular weight is 313 g/mol. The Labute approximate surface area is 137 Å². The largest absolute Gasteiger partial charge is 0.488 e. The predicted molar refractivity (Wildman–Crippen MR) is 90.6 cm³/mol. The Morgan fingerprint density at radius 3 is 2.22 bits per heavy atom. The fraction of sp³-hybridized carbons (Fsp3) is 0.316. The fourth-order valence-electron chi connectivity index (χ4n) is 1.95. The van der Waals surface area contributed by atoms with Gasteiger partial charge in [-0.15, -0.1) is 0 Å². The van der Waals surface area contributed by atoms with Gasteiger partial charge in [-0.3, -0.25) is 4.79 Å². The summed E-state index contributed by atoms with van der Waals surface area (Å²) in [6.07, 6.45) is 0. The van der Waals surface area contributed by atoms with Crippen molar-refractivity contribution in [2.24, 2.45) is 0 Å². The van der Waals surface area contributed by atoms with Gasteiger partial charge < -0.3 is 14.8 Å². The zero-order chi connectivity index (χ0) is 16.7. The molecule has 0 aliphatic rings. The number of carbonyl (C=O) groups is 1. The van der Waals surface area contributed by atoms with E-state index in [9.17, 15) is 4.79 Å². The second-order valence-electron chi connectivity index (χ2n) is 6.24. The molecule has 1 N–H and O–H groups in total. The lowest BCUT2D eigenvalue weighted by atomic mass is 10.1. The van der Waals surface area contributed by atoms with E-state index in [0.717, 1.165) is 11.3 Å². The number of rotatable bonds is 6. The smallest absolute Gasteiger partial charge is 0.258 e. The Morgan fingerprint density at radius 1 is 0.957 bits per heavy atom. The van der Waals surface area contributed by atoms with E-state index in [-0.39, 0.29) is 18.1 Å². The lowest BCUT2D eigenvalue weighted by Gasteiger charge is -2.21. The molecule has 0 aliphatic carbocycles. The van der Waals surface area contributed by atoms with Gasteiger partial charge in [0.2, 0.25) is 0 Å². The van der Waals surface area contributed by atoms with Crippen LogP contribution in [-0.4, -0.2) is 18.1 Å². The average Bonchev–Trinajstić information content (AvgIpc) is 2.52. The van der Waals surface area contributed by atoms with Crippen molar-refractivity contribution in [3.8, 4) is 11.5 Å². The van der Waals surface area contributed by atoms with E-state index < -0.39 is 0 Å². The molecule has 2 rings (SSSR count). The lowest BCUT2D eigenvalue weighted by molar-refractivity contribution is -0.123. The van der Waals surface area contributed by atoms with Crippen LogP contribution in [0.3, 0.4) is 0 Å². The molecule has 0 saturated heterocycles. The molecule has 0 fully saturated rings. The number of amides is 1. The summed E-state index contributed by atoms with van der Waals surface area (Å²) in [5.41, 5.74) is 0.796. The summed E-state index contributed by atoms with van der Waals surface area (Å²) in [4.78, 5) is 11.8. The molecule has 0 heterocycles. The lowest BCUT2D eigenvalue weighted by Crippen LogP contribution is -2.28. The van der Waals surface area contributed by atoms with Gasteiger partial charge in [-0.05, 0) is 50.6 Å². The molecule has 2 aromatic carbocycles. The minimum absolute atomic E-state index is 0.00916. The van der Waals surface area contributed by atoms with Crippen LogP contribution in [0.4, 0.5) is 0 Å². The quantitative estimate of drug-likeness (QED) is 0.887.